The third kappa shape index (κ3) is 5.87. The molecule has 6 heteroatoms. The van der Waals surface area contributed by atoms with Crippen LogP contribution in [0.1, 0.15) is 44.2 Å². The van der Waals surface area contributed by atoms with Gasteiger partial charge in [-0.3, -0.25) is 4.98 Å². The van der Waals surface area contributed by atoms with E-state index in [2.05, 4.69) is 50.8 Å². The van der Waals surface area contributed by atoms with E-state index in [1.807, 2.05) is 67.8 Å². The predicted octanol–water partition coefficient (Wildman–Crippen LogP) is 5.14. The maximum absolute atomic E-state index is 6.46. The summed E-state index contributed by atoms with van der Waals surface area (Å²) in [5.41, 5.74) is 9.78. The highest BCUT2D eigenvalue weighted by molar-refractivity contribution is 5.70. The summed E-state index contributed by atoms with van der Waals surface area (Å²) in [5.74, 6) is 2.09. The van der Waals surface area contributed by atoms with Crippen LogP contribution in [0.15, 0.2) is 90.3 Å². The van der Waals surface area contributed by atoms with Gasteiger partial charge in [-0.25, -0.2) is 4.99 Å². The van der Waals surface area contributed by atoms with Crippen molar-refractivity contribution in [3.8, 4) is 22.6 Å². The molecular formula is C32H35N5O. The predicted molar refractivity (Wildman–Crippen MR) is 155 cm³/mol. The van der Waals surface area contributed by atoms with Gasteiger partial charge in [0.1, 0.15) is 17.3 Å². The van der Waals surface area contributed by atoms with Crippen molar-refractivity contribution >= 4 is 18.6 Å². The van der Waals surface area contributed by atoms with E-state index < -0.39 is 0 Å². The van der Waals surface area contributed by atoms with E-state index in [4.69, 9.17) is 10.5 Å². The van der Waals surface area contributed by atoms with Crippen LogP contribution in [0, 0.1) is 0 Å². The number of para-hydroxylation sites is 1. The molecule has 194 valence electrons. The van der Waals surface area contributed by atoms with Crippen LogP contribution >= 0.6 is 0 Å². The lowest BCUT2D eigenvalue weighted by molar-refractivity contribution is 0.287. The monoisotopic (exact) mass is 505 g/mol. The summed E-state index contributed by atoms with van der Waals surface area (Å²) >= 11 is 0. The van der Waals surface area contributed by atoms with Gasteiger partial charge in [0.2, 0.25) is 0 Å². The first-order chi connectivity index (χ1) is 18.6. The zero-order valence-electron chi connectivity index (χ0n) is 21.9. The first kappa shape index (κ1) is 25.5. The number of aliphatic imine (C=N–C) groups is 1. The van der Waals surface area contributed by atoms with Crippen molar-refractivity contribution in [2.75, 3.05) is 0 Å². The topological polar surface area (TPSA) is 77.5 Å². The molecule has 1 saturated carbocycles. The summed E-state index contributed by atoms with van der Waals surface area (Å²) < 4.78 is 8.30. The molecule has 0 amide bonds. The summed E-state index contributed by atoms with van der Waals surface area (Å²) in [4.78, 5) is 8.63. The number of benzene rings is 2. The number of nitrogens with two attached hydrogens (primary N) is 1. The largest absolute Gasteiger partial charge is 0.457 e. The van der Waals surface area contributed by atoms with Crippen LogP contribution in [-0.2, 0) is 6.54 Å². The number of rotatable bonds is 8. The van der Waals surface area contributed by atoms with Crippen LogP contribution in [0.3, 0.4) is 0 Å². The molecule has 0 saturated heterocycles. The molecule has 2 aromatic heterocycles. The van der Waals surface area contributed by atoms with Crippen molar-refractivity contribution in [3.63, 3.8) is 0 Å². The molecule has 0 radical (unpaired) electrons. The summed E-state index contributed by atoms with van der Waals surface area (Å²) in [6, 6.07) is 22.9. The Morgan fingerprint density at radius 3 is 2.47 bits per heavy atom. The molecular weight excluding hydrogens is 470 g/mol. The van der Waals surface area contributed by atoms with E-state index in [9.17, 15) is 0 Å². The maximum atomic E-state index is 6.46. The van der Waals surface area contributed by atoms with Gasteiger partial charge < -0.3 is 20.4 Å². The Kier molecular flexibility index (Phi) is 8.00. The number of hydrogen-bond donors (Lipinski definition) is 2. The fraction of sp³-hybridized carbons (Fsp3) is 0.250. The van der Waals surface area contributed by atoms with Crippen LogP contribution in [-0.4, -0.2) is 21.8 Å². The van der Waals surface area contributed by atoms with E-state index in [0.29, 0.717) is 17.9 Å². The molecule has 0 spiro atoms. The number of pyridine rings is 1. The molecule has 6 nitrogen and oxygen atoms in total. The average Bonchev–Trinajstić information content (AvgIpc) is 3.31. The lowest BCUT2D eigenvalue weighted by Gasteiger charge is -2.30. The van der Waals surface area contributed by atoms with Gasteiger partial charge >= 0.3 is 0 Å². The Bertz CT molecular complexity index is 1470. The number of nitrogens with zero attached hydrogens (tertiary/aromatic N) is 3. The molecule has 0 bridgehead atoms. The molecule has 0 atom stereocenters. The summed E-state index contributed by atoms with van der Waals surface area (Å²) in [6.45, 7) is 7.18. The van der Waals surface area contributed by atoms with Gasteiger partial charge in [0.15, 0.2) is 0 Å². The molecule has 2 aromatic carbocycles. The Balaban J connectivity index is 1.35. The fourth-order valence-corrected chi connectivity index (χ4v) is 5.25. The minimum absolute atomic E-state index is 0.380. The normalized spacial score (nSPS) is 18.4. The van der Waals surface area contributed by atoms with Gasteiger partial charge in [-0.2, -0.15) is 0 Å². The van der Waals surface area contributed by atoms with Crippen LogP contribution < -0.4 is 26.4 Å². The van der Waals surface area contributed by atoms with Gasteiger partial charge in [0.05, 0.1) is 0 Å². The van der Waals surface area contributed by atoms with Crippen LogP contribution in [0.5, 0.6) is 11.5 Å². The molecule has 2 heterocycles. The maximum Gasteiger partial charge on any atom is 0.132 e. The molecule has 38 heavy (non-hydrogen) atoms. The van der Waals surface area contributed by atoms with Crippen molar-refractivity contribution in [2.45, 2.75) is 51.2 Å². The number of aromatic nitrogens is 2. The Morgan fingerprint density at radius 2 is 1.79 bits per heavy atom. The van der Waals surface area contributed by atoms with Crippen LogP contribution in [0.25, 0.3) is 23.5 Å². The number of ether oxygens (including phenoxy) is 1. The highest BCUT2D eigenvalue weighted by Gasteiger charge is 2.23. The molecule has 1 fully saturated rings. The summed E-state index contributed by atoms with van der Waals surface area (Å²) in [7, 11) is 0. The van der Waals surface area contributed by atoms with Crippen molar-refractivity contribution in [1.82, 2.24) is 14.9 Å². The van der Waals surface area contributed by atoms with Gasteiger partial charge in [-0.1, -0.05) is 43.0 Å². The Morgan fingerprint density at radius 1 is 1.05 bits per heavy atom. The standard InChI is InChI=1S/C32H35N5O/c1-3-35-32(33)31-23(2)37(27-15-13-26(14-16-27)36-21-24-8-7-19-34-20-24)22-30(31)25-11-17-29(18-12-25)38-28-9-5-4-6-10-28/h3-12,17-20,22,26-27,36H,2,13-16,21,33H2,1H3/b32-31+,35-3-. The van der Waals surface area contributed by atoms with Gasteiger partial charge in [-0.15, -0.1) is 0 Å². The third-order valence-electron chi connectivity index (χ3n) is 7.21. The van der Waals surface area contributed by atoms with Crippen LogP contribution in [0.4, 0.5) is 0 Å². The molecule has 5 rings (SSSR count). The number of hydrogen-bond acceptors (Lipinski definition) is 5. The van der Waals surface area contributed by atoms with Crippen LogP contribution in [0.2, 0.25) is 0 Å². The molecule has 1 aliphatic rings. The zero-order valence-corrected chi connectivity index (χ0v) is 21.9. The smallest absolute Gasteiger partial charge is 0.132 e. The number of nitrogens with one attached hydrogen (secondary N) is 1. The minimum atomic E-state index is 0.380. The second kappa shape index (κ2) is 11.9. The first-order valence-corrected chi connectivity index (χ1v) is 13.3. The van der Waals surface area contributed by atoms with E-state index in [-0.39, 0.29) is 0 Å². The van der Waals surface area contributed by atoms with Crippen molar-refractivity contribution in [3.05, 3.63) is 101 Å². The SMILES string of the molecule is C=c1/c(=C(N)\N=C/C)c(-c2ccc(Oc3ccccc3)cc2)cn1C1CCC(NCc2cccnc2)CC1. The summed E-state index contributed by atoms with van der Waals surface area (Å²) in [5, 5.41) is 5.52. The Labute approximate surface area is 224 Å². The second-order valence-electron chi connectivity index (χ2n) is 9.73. The van der Waals surface area contributed by atoms with Crippen molar-refractivity contribution < 1.29 is 4.74 Å². The molecule has 4 aromatic rings. The minimum Gasteiger partial charge on any atom is -0.457 e. The molecule has 0 unspecified atom stereocenters. The second-order valence-corrected chi connectivity index (χ2v) is 9.73. The van der Waals surface area contributed by atoms with E-state index in [0.717, 1.165) is 65.4 Å². The lowest BCUT2D eigenvalue weighted by Crippen LogP contribution is -2.37. The molecule has 1 aliphatic carbocycles. The average molecular weight is 506 g/mol. The van der Waals surface area contributed by atoms with Crippen molar-refractivity contribution in [2.24, 2.45) is 10.7 Å². The molecule has 0 aliphatic heterocycles. The van der Waals surface area contributed by atoms with E-state index in [1.165, 1.54) is 5.56 Å². The third-order valence-corrected chi connectivity index (χ3v) is 7.21. The highest BCUT2D eigenvalue weighted by atomic mass is 16.5. The van der Waals surface area contributed by atoms with E-state index in [1.54, 1.807) is 6.21 Å². The first-order valence-electron chi connectivity index (χ1n) is 13.3. The van der Waals surface area contributed by atoms with E-state index >= 15 is 0 Å². The van der Waals surface area contributed by atoms with Crippen molar-refractivity contribution in [1.29, 1.82) is 0 Å². The Hall–Kier alpha value is -4.16. The quantitative estimate of drug-likeness (QED) is 0.325. The zero-order chi connectivity index (χ0) is 26.3. The van der Waals surface area contributed by atoms with Gasteiger partial charge in [0.25, 0.3) is 0 Å². The highest BCUT2D eigenvalue weighted by Crippen LogP contribution is 2.30. The van der Waals surface area contributed by atoms with Gasteiger partial charge in [-0.05, 0) is 74.1 Å². The lowest BCUT2D eigenvalue weighted by atomic mass is 9.91. The van der Waals surface area contributed by atoms with Gasteiger partial charge in [0, 0.05) is 59.6 Å². The fourth-order valence-electron chi connectivity index (χ4n) is 5.25. The molecule has 3 N–H and O–H groups in total. The summed E-state index contributed by atoms with van der Waals surface area (Å²) in [6.07, 6.45) is 12.1.